The zero-order valence-electron chi connectivity index (χ0n) is 20.9. The van der Waals surface area contributed by atoms with Crippen molar-refractivity contribution < 1.29 is 4.39 Å². The normalized spacial score (nSPS) is 26.9. The summed E-state index contributed by atoms with van der Waals surface area (Å²) in [5.41, 5.74) is 9.45. The molecule has 0 radical (unpaired) electrons. The van der Waals surface area contributed by atoms with Gasteiger partial charge in [0, 0.05) is 12.3 Å². The zero-order valence-corrected chi connectivity index (χ0v) is 20.9. The number of hydrogen-bond acceptors (Lipinski definition) is 0. The van der Waals surface area contributed by atoms with Crippen LogP contribution in [0.5, 0.6) is 0 Å². The van der Waals surface area contributed by atoms with E-state index in [0.717, 1.165) is 36.7 Å². The fourth-order valence-electron chi connectivity index (χ4n) is 6.59. The molecule has 2 fully saturated rings. The topological polar surface area (TPSA) is 0 Å². The van der Waals surface area contributed by atoms with Crippen LogP contribution in [0.2, 0.25) is 0 Å². The van der Waals surface area contributed by atoms with Crippen LogP contribution in [0.15, 0.2) is 66.8 Å². The van der Waals surface area contributed by atoms with Crippen molar-refractivity contribution in [2.75, 3.05) is 0 Å². The summed E-state index contributed by atoms with van der Waals surface area (Å²) in [4.78, 5) is 0. The van der Waals surface area contributed by atoms with E-state index >= 15 is 0 Å². The summed E-state index contributed by atoms with van der Waals surface area (Å²) >= 11 is 0. The number of halogens is 1. The average molecular weight is 445 g/mol. The molecule has 3 atom stereocenters. The van der Waals surface area contributed by atoms with Crippen LogP contribution in [0, 0.1) is 24.7 Å². The summed E-state index contributed by atoms with van der Waals surface area (Å²) in [5, 5.41) is 0. The third-order valence-electron chi connectivity index (χ3n) is 8.21. The second-order valence-corrected chi connectivity index (χ2v) is 11.0. The van der Waals surface area contributed by atoms with E-state index in [-0.39, 0.29) is 0 Å². The van der Waals surface area contributed by atoms with Gasteiger partial charge in [0.2, 0.25) is 0 Å². The van der Waals surface area contributed by atoms with Crippen LogP contribution in [-0.4, -0.2) is 6.17 Å². The Bertz CT molecular complexity index is 962. The molecule has 0 nitrogen and oxygen atoms in total. The molecular formula is C32H41F. The monoisotopic (exact) mass is 444 g/mol. The number of benzene rings is 2. The maximum atomic E-state index is 13.3. The molecule has 2 saturated carbocycles. The van der Waals surface area contributed by atoms with Gasteiger partial charge in [-0.1, -0.05) is 86.5 Å². The molecule has 2 aliphatic rings. The minimum atomic E-state index is -0.795. The summed E-state index contributed by atoms with van der Waals surface area (Å²) in [6.45, 7) is 15.5. The standard InChI is InChI=1S/C32H41F/c1-21-8-6-10-29(16-21)32-22(2)17-30(18-23(32)3)31-11-7-9-28(25(31)5)20-27-14-12-26(13-15-27)19-24(4)33/h7,9,11-15,21,24,29-30,32H,2-3,6,8,10,16-20H2,1,4-5H3. The van der Waals surface area contributed by atoms with E-state index in [0.29, 0.717) is 18.3 Å². The van der Waals surface area contributed by atoms with Crippen molar-refractivity contribution >= 4 is 0 Å². The Morgan fingerprint density at radius 3 is 2.27 bits per heavy atom. The van der Waals surface area contributed by atoms with Crippen LogP contribution >= 0.6 is 0 Å². The van der Waals surface area contributed by atoms with E-state index in [1.807, 2.05) is 0 Å². The van der Waals surface area contributed by atoms with E-state index < -0.39 is 6.17 Å². The first kappa shape index (κ1) is 24.0. The molecule has 0 saturated heterocycles. The molecule has 2 aromatic carbocycles. The fourth-order valence-corrected chi connectivity index (χ4v) is 6.59. The largest absolute Gasteiger partial charge is 0.247 e. The van der Waals surface area contributed by atoms with Gasteiger partial charge in [0.1, 0.15) is 6.17 Å². The predicted molar refractivity (Wildman–Crippen MR) is 140 cm³/mol. The molecule has 33 heavy (non-hydrogen) atoms. The van der Waals surface area contributed by atoms with Crippen molar-refractivity contribution in [3.63, 3.8) is 0 Å². The lowest BCUT2D eigenvalue weighted by molar-refractivity contribution is 0.230. The summed E-state index contributed by atoms with van der Waals surface area (Å²) < 4.78 is 13.3. The summed E-state index contributed by atoms with van der Waals surface area (Å²) in [6.07, 6.45) is 8.23. The lowest BCUT2D eigenvalue weighted by atomic mass is 9.64. The molecule has 0 N–H and O–H groups in total. The molecule has 0 aliphatic heterocycles. The van der Waals surface area contributed by atoms with E-state index in [4.69, 9.17) is 0 Å². The van der Waals surface area contributed by atoms with Gasteiger partial charge in [-0.3, -0.25) is 0 Å². The molecule has 0 bridgehead atoms. The van der Waals surface area contributed by atoms with Gasteiger partial charge in [-0.05, 0) is 91.5 Å². The molecule has 4 rings (SSSR count). The first-order valence-electron chi connectivity index (χ1n) is 13.0. The zero-order chi connectivity index (χ0) is 23.5. The molecule has 0 heterocycles. The minimum Gasteiger partial charge on any atom is -0.247 e. The van der Waals surface area contributed by atoms with Gasteiger partial charge in [0.05, 0.1) is 0 Å². The van der Waals surface area contributed by atoms with Crippen molar-refractivity contribution in [2.24, 2.45) is 17.8 Å². The predicted octanol–water partition coefficient (Wildman–Crippen LogP) is 8.92. The van der Waals surface area contributed by atoms with Gasteiger partial charge in [0.15, 0.2) is 0 Å². The van der Waals surface area contributed by atoms with Crippen LogP contribution in [0.25, 0.3) is 0 Å². The Morgan fingerprint density at radius 2 is 1.64 bits per heavy atom. The summed E-state index contributed by atoms with van der Waals surface area (Å²) in [5.74, 6) is 2.62. The smallest absolute Gasteiger partial charge is 0.101 e. The Hall–Kier alpha value is -2.15. The van der Waals surface area contributed by atoms with Crippen molar-refractivity contribution in [3.8, 4) is 0 Å². The van der Waals surface area contributed by atoms with E-state index in [1.54, 1.807) is 6.92 Å². The van der Waals surface area contributed by atoms with Gasteiger partial charge >= 0.3 is 0 Å². The van der Waals surface area contributed by atoms with Crippen molar-refractivity contribution in [1.82, 2.24) is 0 Å². The highest BCUT2D eigenvalue weighted by Crippen LogP contribution is 2.49. The quantitative estimate of drug-likeness (QED) is 0.390. The highest BCUT2D eigenvalue weighted by molar-refractivity contribution is 5.42. The first-order valence-corrected chi connectivity index (χ1v) is 13.0. The van der Waals surface area contributed by atoms with Gasteiger partial charge in [-0.2, -0.15) is 0 Å². The highest BCUT2D eigenvalue weighted by atomic mass is 19.1. The van der Waals surface area contributed by atoms with Crippen molar-refractivity contribution in [2.45, 2.75) is 84.2 Å². The average Bonchev–Trinajstić information content (AvgIpc) is 2.76. The van der Waals surface area contributed by atoms with Gasteiger partial charge < -0.3 is 0 Å². The van der Waals surface area contributed by atoms with Crippen LogP contribution in [-0.2, 0) is 12.8 Å². The molecule has 0 aromatic heterocycles. The molecule has 0 spiro atoms. The highest BCUT2D eigenvalue weighted by Gasteiger charge is 2.35. The Labute approximate surface area is 201 Å². The number of hydrogen-bond donors (Lipinski definition) is 0. The third kappa shape index (κ3) is 5.68. The second-order valence-electron chi connectivity index (χ2n) is 11.0. The summed E-state index contributed by atoms with van der Waals surface area (Å²) in [6, 6.07) is 15.3. The lowest BCUT2D eigenvalue weighted by Crippen LogP contribution is -2.28. The number of alkyl halides is 1. The van der Waals surface area contributed by atoms with Gasteiger partial charge in [-0.15, -0.1) is 0 Å². The Kier molecular flexibility index (Phi) is 7.57. The van der Waals surface area contributed by atoms with E-state index in [9.17, 15) is 4.39 Å². The maximum Gasteiger partial charge on any atom is 0.101 e. The van der Waals surface area contributed by atoms with Crippen molar-refractivity contribution in [3.05, 3.63) is 94.6 Å². The van der Waals surface area contributed by atoms with E-state index in [2.05, 4.69) is 69.5 Å². The van der Waals surface area contributed by atoms with Crippen molar-refractivity contribution in [1.29, 1.82) is 0 Å². The van der Waals surface area contributed by atoms with Crippen LogP contribution in [0.1, 0.15) is 86.1 Å². The molecule has 2 aromatic rings. The lowest BCUT2D eigenvalue weighted by Gasteiger charge is -2.41. The molecule has 176 valence electrons. The Morgan fingerprint density at radius 1 is 0.970 bits per heavy atom. The van der Waals surface area contributed by atoms with E-state index in [1.165, 1.54) is 59.1 Å². The third-order valence-corrected chi connectivity index (χ3v) is 8.21. The first-order chi connectivity index (χ1) is 15.8. The van der Waals surface area contributed by atoms with Crippen LogP contribution in [0.3, 0.4) is 0 Å². The number of rotatable bonds is 6. The van der Waals surface area contributed by atoms with Crippen LogP contribution in [0.4, 0.5) is 4.39 Å². The van der Waals surface area contributed by atoms with Crippen LogP contribution < -0.4 is 0 Å². The second kappa shape index (κ2) is 10.4. The fraction of sp³-hybridized carbons (Fsp3) is 0.500. The number of allylic oxidation sites excluding steroid dienone is 2. The SMILES string of the molecule is C=C1CC(c2cccc(Cc3ccc(CC(C)F)cc3)c2C)CC(=C)C1C1CCCC(C)C1. The van der Waals surface area contributed by atoms with Gasteiger partial charge in [0.25, 0.3) is 0 Å². The molecular weight excluding hydrogens is 403 g/mol. The minimum absolute atomic E-state index is 0.491. The van der Waals surface area contributed by atoms with Gasteiger partial charge in [-0.25, -0.2) is 4.39 Å². The summed E-state index contributed by atoms with van der Waals surface area (Å²) in [7, 11) is 0. The molecule has 3 unspecified atom stereocenters. The Balaban J connectivity index is 1.47. The maximum absolute atomic E-state index is 13.3. The molecule has 1 heteroatoms. The molecule has 0 amide bonds. The molecule has 2 aliphatic carbocycles.